The van der Waals surface area contributed by atoms with Crippen molar-refractivity contribution in [2.45, 2.75) is 0 Å². The first kappa shape index (κ1) is 16.4. The monoisotopic (exact) mass is 349 g/mol. The maximum atomic E-state index is 13.0. The van der Waals surface area contributed by atoms with Crippen molar-refractivity contribution in [2.24, 2.45) is 0 Å². The van der Waals surface area contributed by atoms with Crippen molar-refractivity contribution in [1.82, 2.24) is 14.9 Å². The first-order valence-electron chi connectivity index (χ1n) is 7.55. The van der Waals surface area contributed by atoms with Gasteiger partial charge in [0.05, 0.1) is 6.20 Å². The van der Waals surface area contributed by atoms with Gasteiger partial charge < -0.3 is 9.80 Å². The minimum atomic E-state index is -0.324. The van der Waals surface area contributed by atoms with Gasteiger partial charge >= 0.3 is 6.03 Å². The predicted molar refractivity (Wildman–Crippen MR) is 91.0 cm³/mol. The van der Waals surface area contributed by atoms with E-state index in [1.807, 2.05) is 4.90 Å². The zero-order chi connectivity index (χ0) is 17.1. The van der Waals surface area contributed by atoms with Gasteiger partial charge in [0, 0.05) is 38.9 Å². The zero-order valence-electron chi connectivity index (χ0n) is 13.2. The second-order valence-corrected chi connectivity index (χ2v) is 5.89. The number of benzene rings is 1. The molecule has 1 saturated heterocycles. The van der Waals surface area contributed by atoms with Gasteiger partial charge in [0.1, 0.15) is 17.2 Å². The summed E-state index contributed by atoms with van der Waals surface area (Å²) in [7, 11) is 1.68. The summed E-state index contributed by atoms with van der Waals surface area (Å²) >= 11 is 6.11. The number of piperazine rings is 1. The summed E-state index contributed by atoms with van der Waals surface area (Å²) in [5.74, 6) is 0.362. The molecular formula is C16H17ClFN5O. The average molecular weight is 350 g/mol. The number of carbonyl (C=O) groups excluding carboxylic acids is 1. The first-order chi connectivity index (χ1) is 11.6. The number of hydrogen-bond donors (Lipinski definition) is 0. The number of halogens is 2. The standard InChI is InChI=1S/C16H17ClFN5O/c1-21(13-4-2-12(18)3-5-13)16(24)23-8-6-22(7-9-23)15-14(17)10-19-11-20-15/h2-5,10-11H,6-9H2,1H3. The molecule has 24 heavy (non-hydrogen) atoms. The molecule has 1 fully saturated rings. The Bertz CT molecular complexity index is 719. The highest BCUT2D eigenvalue weighted by Crippen LogP contribution is 2.23. The van der Waals surface area contributed by atoms with E-state index in [2.05, 4.69) is 9.97 Å². The van der Waals surface area contributed by atoms with Crippen molar-refractivity contribution in [1.29, 1.82) is 0 Å². The molecule has 6 nitrogen and oxygen atoms in total. The largest absolute Gasteiger partial charge is 0.352 e. The average Bonchev–Trinajstić information content (AvgIpc) is 2.62. The highest BCUT2D eigenvalue weighted by Gasteiger charge is 2.25. The van der Waals surface area contributed by atoms with Crippen LogP contribution in [0.25, 0.3) is 0 Å². The van der Waals surface area contributed by atoms with E-state index < -0.39 is 0 Å². The molecule has 1 aliphatic heterocycles. The van der Waals surface area contributed by atoms with Gasteiger partial charge in [0.2, 0.25) is 0 Å². The molecule has 3 rings (SSSR count). The molecule has 0 N–H and O–H groups in total. The normalized spacial score (nSPS) is 14.6. The minimum absolute atomic E-state index is 0.116. The summed E-state index contributed by atoms with van der Waals surface area (Å²) in [6.45, 7) is 2.40. The molecule has 1 aromatic carbocycles. The second-order valence-electron chi connectivity index (χ2n) is 5.49. The van der Waals surface area contributed by atoms with Gasteiger partial charge in [-0.3, -0.25) is 4.90 Å². The Morgan fingerprint density at radius 3 is 2.50 bits per heavy atom. The number of amides is 2. The summed E-state index contributed by atoms with van der Waals surface area (Å²) in [6.07, 6.45) is 3.02. The smallest absolute Gasteiger partial charge is 0.324 e. The Morgan fingerprint density at radius 2 is 1.88 bits per heavy atom. The fourth-order valence-electron chi connectivity index (χ4n) is 2.64. The van der Waals surface area contributed by atoms with Crippen LogP contribution in [0.1, 0.15) is 0 Å². The van der Waals surface area contributed by atoms with E-state index in [-0.39, 0.29) is 11.8 Å². The lowest BCUT2D eigenvalue weighted by molar-refractivity contribution is 0.202. The van der Waals surface area contributed by atoms with Gasteiger partial charge in [-0.1, -0.05) is 11.6 Å². The van der Waals surface area contributed by atoms with Gasteiger partial charge in [-0.25, -0.2) is 19.2 Å². The molecule has 0 unspecified atom stereocenters. The van der Waals surface area contributed by atoms with Crippen molar-refractivity contribution in [2.75, 3.05) is 43.0 Å². The maximum Gasteiger partial charge on any atom is 0.324 e. The molecule has 2 amide bonds. The zero-order valence-corrected chi connectivity index (χ0v) is 13.9. The van der Waals surface area contributed by atoms with Crippen LogP contribution in [0.3, 0.4) is 0 Å². The summed E-state index contributed by atoms with van der Waals surface area (Å²) < 4.78 is 13.0. The minimum Gasteiger partial charge on any atom is -0.352 e. The molecular weight excluding hydrogens is 333 g/mol. The van der Waals surface area contributed by atoms with Crippen molar-refractivity contribution in [3.8, 4) is 0 Å². The Labute approximate surface area is 144 Å². The van der Waals surface area contributed by atoms with Crippen LogP contribution in [0.5, 0.6) is 0 Å². The molecule has 0 radical (unpaired) electrons. The van der Waals surface area contributed by atoms with Crippen molar-refractivity contribution < 1.29 is 9.18 Å². The lowest BCUT2D eigenvalue weighted by atomic mass is 10.3. The molecule has 1 aliphatic rings. The van der Waals surface area contributed by atoms with Gasteiger partial charge in [-0.05, 0) is 24.3 Å². The van der Waals surface area contributed by atoms with Crippen molar-refractivity contribution >= 4 is 29.1 Å². The quantitative estimate of drug-likeness (QED) is 0.836. The summed E-state index contributed by atoms with van der Waals surface area (Å²) in [5, 5.41) is 0.501. The molecule has 2 heterocycles. The second kappa shape index (κ2) is 7.00. The fraction of sp³-hybridized carbons (Fsp3) is 0.312. The highest BCUT2D eigenvalue weighted by molar-refractivity contribution is 6.32. The molecule has 126 valence electrons. The van der Waals surface area contributed by atoms with E-state index >= 15 is 0 Å². The van der Waals surface area contributed by atoms with Gasteiger partial charge in [0.15, 0.2) is 5.82 Å². The fourth-order valence-corrected chi connectivity index (χ4v) is 2.86. The molecule has 0 saturated carbocycles. The first-order valence-corrected chi connectivity index (χ1v) is 7.92. The molecule has 8 heteroatoms. The molecule has 0 bridgehead atoms. The topological polar surface area (TPSA) is 52.6 Å². The van der Waals surface area contributed by atoms with Crippen LogP contribution in [0.15, 0.2) is 36.8 Å². The predicted octanol–water partition coefficient (Wildman–Crippen LogP) is 2.65. The lowest BCUT2D eigenvalue weighted by Gasteiger charge is -2.37. The summed E-state index contributed by atoms with van der Waals surface area (Å²) in [6, 6.07) is 5.74. The van der Waals surface area contributed by atoms with Crippen LogP contribution in [0.2, 0.25) is 5.02 Å². The van der Waals surface area contributed by atoms with Gasteiger partial charge in [-0.15, -0.1) is 0 Å². The van der Waals surface area contributed by atoms with Crippen LogP contribution >= 0.6 is 11.6 Å². The van der Waals surface area contributed by atoms with Gasteiger partial charge in [-0.2, -0.15) is 0 Å². The molecule has 0 spiro atoms. The SMILES string of the molecule is CN(C(=O)N1CCN(c2ncncc2Cl)CC1)c1ccc(F)cc1. The number of aromatic nitrogens is 2. The Morgan fingerprint density at radius 1 is 1.21 bits per heavy atom. The number of rotatable bonds is 2. The molecule has 0 aliphatic carbocycles. The third kappa shape index (κ3) is 3.41. The van der Waals surface area contributed by atoms with Crippen LogP contribution in [-0.4, -0.2) is 54.1 Å². The summed E-state index contributed by atoms with van der Waals surface area (Å²) in [4.78, 5) is 26.0. The number of anilines is 2. The Balaban J connectivity index is 1.63. The van der Waals surface area contributed by atoms with Crippen LogP contribution in [0.4, 0.5) is 20.7 Å². The van der Waals surface area contributed by atoms with E-state index in [0.717, 1.165) is 0 Å². The summed E-state index contributed by atoms with van der Waals surface area (Å²) in [5.41, 5.74) is 0.655. The molecule has 0 atom stereocenters. The Hall–Kier alpha value is -2.41. The van der Waals surface area contributed by atoms with E-state index in [1.54, 1.807) is 30.3 Å². The number of nitrogens with zero attached hydrogens (tertiary/aromatic N) is 5. The maximum absolute atomic E-state index is 13.0. The number of carbonyl (C=O) groups is 1. The third-order valence-corrected chi connectivity index (χ3v) is 4.27. The van der Waals surface area contributed by atoms with E-state index in [4.69, 9.17) is 11.6 Å². The van der Waals surface area contributed by atoms with E-state index in [1.165, 1.54) is 23.4 Å². The van der Waals surface area contributed by atoms with Crippen molar-refractivity contribution in [3.05, 3.63) is 47.6 Å². The molecule has 2 aromatic rings. The van der Waals surface area contributed by atoms with Crippen LogP contribution < -0.4 is 9.80 Å². The highest BCUT2D eigenvalue weighted by atomic mass is 35.5. The van der Waals surface area contributed by atoms with Crippen LogP contribution in [-0.2, 0) is 0 Å². The van der Waals surface area contributed by atoms with Crippen molar-refractivity contribution in [3.63, 3.8) is 0 Å². The third-order valence-electron chi connectivity index (χ3n) is 4.00. The lowest BCUT2D eigenvalue weighted by Crippen LogP contribution is -2.52. The van der Waals surface area contributed by atoms with Crippen LogP contribution in [0, 0.1) is 5.82 Å². The number of urea groups is 1. The van der Waals surface area contributed by atoms with E-state index in [9.17, 15) is 9.18 Å². The van der Waals surface area contributed by atoms with Gasteiger partial charge in [0.25, 0.3) is 0 Å². The molecule has 1 aromatic heterocycles. The Kier molecular flexibility index (Phi) is 4.80. The number of hydrogen-bond acceptors (Lipinski definition) is 4. The van der Waals surface area contributed by atoms with E-state index in [0.29, 0.717) is 42.7 Å².